The quantitative estimate of drug-likeness (QED) is 0.288. The summed E-state index contributed by atoms with van der Waals surface area (Å²) in [5, 5.41) is 10.6. The Morgan fingerprint density at radius 1 is 1.05 bits per heavy atom. The maximum absolute atomic E-state index is 14.2. The second kappa shape index (κ2) is 13.7. The van der Waals surface area contributed by atoms with Crippen LogP contribution in [0.15, 0.2) is 60.9 Å². The van der Waals surface area contributed by atoms with Gasteiger partial charge in [-0.1, -0.05) is 31.5 Å². The molecular weight excluding hydrogens is 558 g/mol. The zero-order chi connectivity index (χ0) is 31.3. The van der Waals surface area contributed by atoms with Crippen molar-refractivity contribution in [3.05, 3.63) is 77.9 Å². The van der Waals surface area contributed by atoms with Gasteiger partial charge in [0.2, 0.25) is 12.7 Å². The van der Waals surface area contributed by atoms with Crippen LogP contribution in [0.1, 0.15) is 49.1 Å². The van der Waals surface area contributed by atoms with E-state index in [1.54, 1.807) is 18.5 Å². The van der Waals surface area contributed by atoms with E-state index in [9.17, 15) is 14.7 Å². The highest BCUT2D eigenvalue weighted by Crippen LogP contribution is 2.43. The molecule has 0 aliphatic carbocycles. The van der Waals surface area contributed by atoms with E-state index in [0.29, 0.717) is 43.3 Å². The number of ether oxygens (including phenoxy) is 2. The average molecular weight is 603 g/mol. The lowest BCUT2D eigenvalue weighted by Gasteiger charge is -2.30. The fourth-order valence-electron chi connectivity index (χ4n) is 6.41. The summed E-state index contributed by atoms with van der Waals surface area (Å²) in [6.07, 6.45) is 6.25. The molecule has 2 aromatic carbocycles. The minimum absolute atomic E-state index is 0.0303. The molecule has 2 aliphatic heterocycles. The molecule has 10 heteroatoms. The number of hydrogen-bond donors (Lipinski definition) is 1. The molecule has 1 saturated heterocycles. The van der Waals surface area contributed by atoms with Gasteiger partial charge in [-0.25, -0.2) is 9.97 Å². The van der Waals surface area contributed by atoms with Crippen molar-refractivity contribution in [1.82, 2.24) is 14.9 Å². The summed E-state index contributed by atoms with van der Waals surface area (Å²) in [6, 6.07) is 15.3. The molecule has 3 aromatic rings. The molecule has 0 bridgehead atoms. The van der Waals surface area contributed by atoms with E-state index in [4.69, 9.17) is 9.47 Å². The van der Waals surface area contributed by atoms with Gasteiger partial charge in [-0.2, -0.15) is 0 Å². The number of unbranched alkanes of at least 4 members (excludes halogenated alkanes) is 1. The van der Waals surface area contributed by atoms with Crippen LogP contribution in [0, 0.1) is 5.92 Å². The maximum Gasteiger partial charge on any atom is 0.308 e. The maximum atomic E-state index is 14.2. The lowest BCUT2D eigenvalue weighted by atomic mass is 9.83. The van der Waals surface area contributed by atoms with Crippen molar-refractivity contribution in [3.63, 3.8) is 0 Å². The molecule has 3 atom stereocenters. The van der Waals surface area contributed by atoms with Crippen LogP contribution in [0.5, 0.6) is 11.5 Å². The molecule has 1 aromatic heterocycles. The summed E-state index contributed by atoms with van der Waals surface area (Å²) in [5.74, 6) is -0.0162. The SMILES string of the molecule is CCCCN(C(=O)CN1CC(c2ccc3c(c2)OCO3)C(C(=O)O)C1CCc1ncccn1)c1cccc(C[N+](C)(C)C)c1. The number of aryl methyl sites for hydroxylation is 1. The molecular formula is C34H44N5O5+. The Balaban J connectivity index is 1.44. The van der Waals surface area contributed by atoms with Crippen molar-refractivity contribution in [2.75, 3.05) is 52.5 Å². The van der Waals surface area contributed by atoms with Crippen LogP contribution in [-0.2, 0) is 22.6 Å². The summed E-state index contributed by atoms with van der Waals surface area (Å²) in [5.41, 5.74) is 2.92. The molecule has 234 valence electrons. The molecule has 1 N–H and O–H groups in total. The Morgan fingerprint density at radius 2 is 1.82 bits per heavy atom. The molecule has 2 aliphatic rings. The van der Waals surface area contributed by atoms with Crippen LogP contribution < -0.4 is 14.4 Å². The van der Waals surface area contributed by atoms with Gasteiger partial charge < -0.3 is 24.0 Å². The number of carbonyl (C=O) groups excluding carboxylic acids is 1. The molecule has 10 nitrogen and oxygen atoms in total. The lowest BCUT2D eigenvalue weighted by Crippen LogP contribution is -2.44. The lowest BCUT2D eigenvalue weighted by molar-refractivity contribution is -0.884. The average Bonchev–Trinajstić information content (AvgIpc) is 3.60. The van der Waals surface area contributed by atoms with Crippen LogP contribution in [0.25, 0.3) is 0 Å². The smallest absolute Gasteiger partial charge is 0.308 e. The molecule has 3 unspecified atom stereocenters. The third-order valence-electron chi connectivity index (χ3n) is 8.39. The topological polar surface area (TPSA) is 105 Å². The molecule has 1 amide bonds. The molecule has 44 heavy (non-hydrogen) atoms. The number of carbonyl (C=O) groups is 2. The zero-order valence-electron chi connectivity index (χ0n) is 26.2. The van der Waals surface area contributed by atoms with Gasteiger partial charge >= 0.3 is 5.97 Å². The van der Waals surface area contributed by atoms with Gasteiger partial charge in [-0.3, -0.25) is 14.5 Å². The third-order valence-corrected chi connectivity index (χ3v) is 8.39. The molecule has 3 heterocycles. The van der Waals surface area contributed by atoms with Gasteiger partial charge in [0.1, 0.15) is 12.4 Å². The van der Waals surface area contributed by atoms with Crippen molar-refractivity contribution in [1.29, 1.82) is 0 Å². The van der Waals surface area contributed by atoms with Crippen LogP contribution in [0.2, 0.25) is 0 Å². The highest BCUT2D eigenvalue weighted by Gasteiger charge is 2.47. The van der Waals surface area contributed by atoms with Crippen LogP contribution in [-0.4, -0.2) is 89.9 Å². The number of quaternary nitrogens is 1. The molecule has 5 rings (SSSR count). The van der Waals surface area contributed by atoms with Gasteiger partial charge in [0.15, 0.2) is 11.5 Å². The first-order valence-corrected chi connectivity index (χ1v) is 15.4. The zero-order valence-corrected chi connectivity index (χ0v) is 26.2. The molecule has 1 fully saturated rings. The second-order valence-corrected chi connectivity index (χ2v) is 12.8. The predicted molar refractivity (Wildman–Crippen MR) is 168 cm³/mol. The minimum Gasteiger partial charge on any atom is -0.481 e. The Labute approximate surface area is 259 Å². The number of aromatic nitrogens is 2. The van der Waals surface area contributed by atoms with Crippen LogP contribution in [0.3, 0.4) is 0 Å². The number of amides is 1. The fraction of sp³-hybridized carbons (Fsp3) is 0.471. The summed E-state index contributed by atoms with van der Waals surface area (Å²) < 4.78 is 11.9. The number of carboxylic acids is 1. The summed E-state index contributed by atoms with van der Waals surface area (Å²) in [7, 11) is 6.45. The Bertz CT molecular complexity index is 1440. The number of aliphatic carboxylic acids is 1. The normalized spacial score (nSPS) is 19.7. The first kappa shape index (κ1) is 31.4. The Kier molecular flexibility index (Phi) is 9.80. The second-order valence-electron chi connectivity index (χ2n) is 12.8. The van der Waals surface area contributed by atoms with Gasteiger partial charge in [-0.05, 0) is 48.7 Å². The third kappa shape index (κ3) is 7.54. The molecule has 0 radical (unpaired) electrons. The predicted octanol–water partition coefficient (Wildman–Crippen LogP) is 4.35. The number of likely N-dealkylation sites (tertiary alicyclic amines) is 1. The molecule has 0 spiro atoms. The number of nitrogens with zero attached hydrogens (tertiary/aromatic N) is 5. The summed E-state index contributed by atoms with van der Waals surface area (Å²) in [6.45, 7) is 4.27. The van der Waals surface area contributed by atoms with Crippen molar-refractivity contribution in [2.24, 2.45) is 5.92 Å². The van der Waals surface area contributed by atoms with E-state index in [1.807, 2.05) is 35.2 Å². The number of rotatable bonds is 13. The van der Waals surface area contributed by atoms with Crippen molar-refractivity contribution in [2.45, 2.75) is 51.1 Å². The fourth-order valence-corrected chi connectivity index (χ4v) is 6.41. The number of benzene rings is 2. The minimum atomic E-state index is -0.877. The van der Waals surface area contributed by atoms with E-state index in [1.165, 1.54) is 5.56 Å². The number of fused-ring (bicyclic) bond motifs is 1. The standard InChI is InChI=1S/C34H43N5O5/c1-5-6-17-38(26-10-7-9-24(18-26)22-39(2,3)4)32(40)21-37-20-27(25-11-13-29-30(19-25)44-23-43-29)33(34(41)42)28(37)12-14-31-35-15-8-16-36-31/h7-11,13,15-16,18-19,27-28,33H,5-6,12,14,17,20-23H2,1-4H3/p+1. The highest BCUT2D eigenvalue weighted by atomic mass is 16.7. The van der Waals surface area contributed by atoms with E-state index < -0.39 is 11.9 Å². The number of anilines is 1. The monoisotopic (exact) mass is 602 g/mol. The van der Waals surface area contributed by atoms with Crippen molar-refractivity contribution >= 4 is 17.6 Å². The largest absolute Gasteiger partial charge is 0.481 e. The summed E-state index contributed by atoms with van der Waals surface area (Å²) in [4.78, 5) is 39.7. The number of hydrogen-bond acceptors (Lipinski definition) is 7. The van der Waals surface area contributed by atoms with E-state index in [-0.39, 0.29) is 31.2 Å². The van der Waals surface area contributed by atoms with Gasteiger partial charge in [0.25, 0.3) is 0 Å². The number of carboxylic acid groups (broad SMARTS) is 1. The van der Waals surface area contributed by atoms with Gasteiger partial charge in [-0.15, -0.1) is 0 Å². The van der Waals surface area contributed by atoms with E-state index >= 15 is 0 Å². The Morgan fingerprint density at radius 3 is 2.55 bits per heavy atom. The van der Waals surface area contributed by atoms with Crippen LogP contribution in [0.4, 0.5) is 5.69 Å². The van der Waals surface area contributed by atoms with E-state index in [0.717, 1.165) is 35.1 Å². The highest BCUT2D eigenvalue weighted by molar-refractivity contribution is 5.95. The van der Waals surface area contributed by atoms with Gasteiger partial charge in [0, 0.05) is 55.1 Å². The first-order valence-electron chi connectivity index (χ1n) is 15.4. The van der Waals surface area contributed by atoms with Crippen LogP contribution >= 0.6 is 0 Å². The molecule has 0 saturated carbocycles. The first-order chi connectivity index (χ1) is 21.1. The Hall–Kier alpha value is -4.02. The summed E-state index contributed by atoms with van der Waals surface area (Å²) >= 11 is 0. The van der Waals surface area contributed by atoms with Crippen molar-refractivity contribution in [3.8, 4) is 11.5 Å². The van der Waals surface area contributed by atoms with E-state index in [2.05, 4.69) is 55.1 Å². The van der Waals surface area contributed by atoms with Gasteiger partial charge in [0.05, 0.1) is 33.6 Å². The van der Waals surface area contributed by atoms with Crippen molar-refractivity contribution < 1.29 is 28.7 Å².